The first kappa shape index (κ1) is 10.5. The van der Waals surface area contributed by atoms with E-state index in [1.807, 2.05) is 6.92 Å². The van der Waals surface area contributed by atoms with Crippen LogP contribution in [0.5, 0.6) is 0 Å². The third-order valence-electron chi connectivity index (χ3n) is 1.81. The molecule has 3 N–H and O–H groups in total. The lowest BCUT2D eigenvalue weighted by atomic mass is 10.2. The van der Waals surface area contributed by atoms with Gasteiger partial charge in [-0.2, -0.15) is 0 Å². The van der Waals surface area contributed by atoms with Crippen LogP contribution in [0.4, 0.5) is 11.5 Å². The number of carbonyl (C=O) groups is 1. The predicted molar refractivity (Wildman–Crippen MR) is 56.8 cm³/mol. The number of nitrogens with one attached hydrogen (secondary N) is 1. The van der Waals surface area contributed by atoms with Crippen LogP contribution >= 0.6 is 0 Å². The lowest BCUT2D eigenvalue weighted by molar-refractivity contribution is -0.116. The Kier molecular flexibility index (Phi) is 3.91. The van der Waals surface area contributed by atoms with Gasteiger partial charge < -0.3 is 11.1 Å². The molecule has 0 fully saturated rings. The van der Waals surface area contributed by atoms with Crippen molar-refractivity contribution < 1.29 is 4.79 Å². The van der Waals surface area contributed by atoms with Crippen molar-refractivity contribution in [1.82, 2.24) is 4.98 Å². The van der Waals surface area contributed by atoms with Crippen LogP contribution < -0.4 is 11.1 Å². The number of hydrogen-bond donors (Lipinski definition) is 2. The molecule has 1 aromatic heterocycles. The Morgan fingerprint density at radius 3 is 3.07 bits per heavy atom. The monoisotopic (exact) mass is 193 g/mol. The van der Waals surface area contributed by atoms with Crippen molar-refractivity contribution in [2.24, 2.45) is 0 Å². The Hall–Kier alpha value is -1.58. The fraction of sp³-hybridized carbons (Fsp3) is 0.400. The second kappa shape index (κ2) is 5.21. The fourth-order valence-corrected chi connectivity index (χ4v) is 1.06. The van der Waals surface area contributed by atoms with Gasteiger partial charge in [-0.15, -0.1) is 0 Å². The Morgan fingerprint density at radius 1 is 1.64 bits per heavy atom. The van der Waals surface area contributed by atoms with Crippen molar-refractivity contribution in [2.75, 3.05) is 11.1 Å². The number of hydrogen-bond acceptors (Lipinski definition) is 3. The molecule has 0 unspecified atom stereocenters. The Morgan fingerprint density at radius 2 is 2.43 bits per heavy atom. The summed E-state index contributed by atoms with van der Waals surface area (Å²) in [5.74, 6) is 0.510. The molecule has 1 rings (SSSR count). The van der Waals surface area contributed by atoms with Gasteiger partial charge in [0.2, 0.25) is 5.91 Å². The van der Waals surface area contributed by atoms with Gasteiger partial charge in [0.15, 0.2) is 0 Å². The largest absolute Gasteiger partial charge is 0.399 e. The van der Waals surface area contributed by atoms with Gasteiger partial charge in [-0.25, -0.2) is 4.98 Å². The predicted octanol–water partition coefficient (Wildman–Crippen LogP) is 1.79. The average Bonchev–Trinajstić information content (AvgIpc) is 2.15. The summed E-state index contributed by atoms with van der Waals surface area (Å²) < 4.78 is 0. The summed E-state index contributed by atoms with van der Waals surface area (Å²) in [4.78, 5) is 15.3. The molecule has 0 aromatic carbocycles. The van der Waals surface area contributed by atoms with Crippen LogP contribution in [0.2, 0.25) is 0 Å². The van der Waals surface area contributed by atoms with Crippen molar-refractivity contribution >= 4 is 17.4 Å². The molecular formula is C10H15N3O. The second-order valence-electron chi connectivity index (χ2n) is 3.13. The zero-order valence-electron chi connectivity index (χ0n) is 8.29. The minimum Gasteiger partial charge on any atom is -0.399 e. The maximum absolute atomic E-state index is 11.3. The SMILES string of the molecule is CCCCC(=O)Nc1cc(N)ccn1. The summed E-state index contributed by atoms with van der Waals surface area (Å²) in [7, 11) is 0. The van der Waals surface area contributed by atoms with Crippen LogP contribution in [0, 0.1) is 0 Å². The number of aromatic nitrogens is 1. The normalized spacial score (nSPS) is 9.79. The van der Waals surface area contributed by atoms with E-state index in [4.69, 9.17) is 5.73 Å². The molecule has 0 radical (unpaired) electrons. The summed E-state index contributed by atoms with van der Waals surface area (Å²) in [6, 6.07) is 3.32. The molecular weight excluding hydrogens is 178 g/mol. The maximum atomic E-state index is 11.3. The van der Waals surface area contributed by atoms with Crippen LogP contribution in [0.1, 0.15) is 26.2 Å². The first-order valence-electron chi connectivity index (χ1n) is 4.73. The Labute approximate surface area is 83.5 Å². The van der Waals surface area contributed by atoms with Crippen LogP contribution in [0.25, 0.3) is 0 Å². The maximum Gasteiger partial charge on any atom is 0.225 e. The molecule has 4 heteroatoms. The van der Waals surface area contributed by atoms with Gasteiger partial charge in [-0.1, -0.05) is 13.3 Å². The van der Waals surface area contributed by atoms with E-state index in [1.165, 1.54) is 0 Å². The van der Waals surface area contributed by atoms with Crippen LogP contribution in [0.15, 0.2) is 18.3 Å². The highest BCUT2D eigenvalue weighted by Gasteiger charge is 2.01. The number of unbranched alkanes of at least 4 members (excludes halogenated alkanes) is 1. The minimum absolute atomic E-state index is 0.00931. The second-order valence-corrected chi connectivity index (χ2v) is 3.13. The number of carbonyl (C=O) groups excluding carboxylic acids is 1. The molecule has 0 aliphatic carbocycles. The van der Waals surface area contributed by atoms with Crippen molar-refractivity contribution in [3.05, 3.63) is 18.3 Å². The van der Waals surface area contributed by atoms with E-state index in [-0.39, 0.29) is 5.91 Å². The number of nitrogens with two attached hydrogens (primary N) is 1. The standard InChI is InChI=1S/C10H15N3O/c1-2-3-4-10(14)13-9-7-8(11)5-6-12-9/h5-7H,2-4H2,1H3,(H3,11,12,13,14). The smallest absolute Gasteiger partial charge is 0.225 e. The minimum atomic E-state index is -0.00931. The highest BCUT2D eigenvalue weighted by atomic mass is 16.1. The molecule has 4 nitrogen and oxygen atoms in total. The summed E-state index contributed by atoms with van der Waals surface area (Å²) in [5.41, 5.74) is 6.15. The van der Waals surface area contributed by atoms with Crippen molar-refractivity contribution in [3.8, 4) is 0 Å². The molecule has 0 bridgehead atoms. The number of pyridine rings is 1. The molecule has 0 saturated heterocycles. The van der Waals surface area contributed by atoms with E-state index >= 15 is 0 Å². The summed E-state index contributed by atoms with van der Waals surface area (Å²) in [6.45, 7) is 2.05. The van der Waals surface area contributed by atoms with Gasteiger partial charge in [0.25, 0.3) is 0 Å². The van der Waals surface area contributed by atoms with Gasteiger partial charge in [0.05, 0.1) is 0 Å². The van der Waals surface area contributed by atoms with Crippen LogP contribution in [0.3, 0.4) is 0 Å². The highest BCUT2D eigenvalue weighted by molar-refractivity contribution is 5.90. The third-order valence-corrected chi connectivity index (χ3v) is 1.81. The van der Waals surface area contributed by atoms with Gasteiger partial charge >= 0.3 is 0 Å². The van der Waals surface area contributed by atoms with Crippen molar-refractivity contribution in [3.63, 3.8) is 0 Å². The van der Waals surface area contributed by atoms with Crippen molar-refractivity contribution in [1.29, 1.82) is 0 Å². The van der Waals surface area contributed by atoms with Gasteiger partial charge in [0, 0.05) is 24.4 Å². The molecule has 14 heavy (non-hydrogen) atoms. The summed E-state index contributed by atoms with van der Waals surface area (Å²) in [6.07, 6.45) is 4.02. The topological polar surface area (TPSA) is 68.0 Å². The van der Waals surface area contributed by atoms with E-state index in [1.54, 1.807) is 18.3 Å². The lowest BCUT2D eigenvalue weighted by Gasteiger charge is -2.03. The van der Waals surface area contributed by atoms with Gasteiger partial charge in [0.1, 0.15) is 5.82 Å². The van der Waals surface area contributed by atoms with E-state index in [2.05, 4.69) is 10.3 Å². The highest BCUT2D eigenvalue weighted by Crippen LogP contribution is 2.08. The van der Waals surface area contributed by atoms with E-state index in [0.717, 1.165) is 12.8 Å². The van der Waals surface area contributed by atoms with Crippen LogP contribution in [-0.2, 0) is 4.79 Å². The molecule has 1 aromatic rings. The molecule has 0 spiro atoms. The molecule has 0 saturated carbocycles. The molecule has 1 amide bonds. The van der Waals surface area contributed by atoms with E-state index in [9.17, 15) is 4.79 Å². The number of rotatable bonds is 4. The fourth-order valence-electron chi connectivity index (χ4n) is 1.06. The Bertz CT molecular complexity index is 312. The molecule has 0 aliphatic heterocycles. The first-order chi connectivity index (χ1) is 6.72. The number of nitrogen functional groups attached to an aromatic ring is 1. The van der Waals surface area contributed by atoms with E-state index < -0.39 is 0 Å². The molecule has 0 aliphatic rings. The lowest BCUT2D eigenvalue weighted by Crippen LogP contribution is -2.12. The number of anilines is 2. The van der Waals surface area contributed by atoms with E-state index in [0.29, 0.717) is 17.9 Å². The molecule has 0 atom stereocenters. The third kappa shape index (κ3) is 3.43. The van der Waals surface area contributed by atoms with Gasteiger partial charge in [-0.05, 0) is 12.5 Å². The molecule has 76 valence electrons. The Balaban J connectivity index is 2.47. The van der Waals surface area contributed by atoms with Crippen molar-refractivity contribution in [2.45, 2.75) is 26.2 Å². The molecule has 1 heterocycles. The van der Waals surface area contributed by atoms with Gasteiger partial charge in [-0.3, -0.25) is 4.79 Å². The number of amides is 1. The zero-order chi connectivity index (χ0) is 10.4. The zero-order valence-corrected chi connectivity index (χ0v) is 8.29. The summed E-state index contributed by atoms with van der Waals surface area (Å²) in [5, 5.41) is 2.69. The average molecular weight is 193 g/mol. The summed E-state index contributed by atoms with van der Waals surface area (Å²) >= 11 is 0. The quantitative estimate of drug-likeness (QED) is 0.766. The number of nitrogens with zero attached hydrogens (tertiary/aromatic N) is 1. The van der Waals surface area contributed by atoms with Crippen LogP contribution in [-0.4, -0.2) is 10.9 Å². The first-order valence-corrected chi connectivity index (χ1v) is 4.73.